The van der Waals surface area contributed by atoms with Crippen LogP contribution >= 0.6 is 0 Å². The van der Waals surface area contributed by atoms with Crippen molar-refractivity contribution in [2.24, 2.45) is 0 Å². The molecule has 0 aliphatic rings. The summed E-state index contributed by atoms with van der Waals surface area (Å²) in [6, 6.07) is 12.3. The van der Waals surface area contributed by atoms with Crippen molar-refractivity contribution in [1.82, 2.24) is 0 Å². The zero-order chi connectivity index (χ0) is 18.0. The average Bonchev–Trinajstić information content (AvgIpc) is 2.62. The highest BCUT2D eigenvalue weighted by molar-refractivity contribution is 5.96. The normalized spacial score (nSPS) is 10.2. The number of hydrogen-bond acceptors (Lipinski definition) is 3. The summed E-state index contributed by atoms with van der Waals surface area (Å²) in [6.07, 6.45) is 0. The average molecular weight is 338 g/mol. The van der Waals surface area contributed by atoms with Gasteiger partial charge in [-0.05, 0) is 54.1 Å². The van der Waals surface area contributed by atoms with Crippen molar-refractivity contribution < 1.29 is 23.4 Å². The minimum atomic E-state index is -1.46. The Morgan fingerprint density at radius 2 is 1.72 bits per heavy atom. The van der Waals surface area contributed by atoms with E-state index in [0.717, 1.165) is 28.5 Å². The molecule has 0 unspecified atom stereocenters. The van der Waals surface area contributed by atoms with Gasteiger partial charge < -0.3 is 9.84 Å². The molecular weight excluding hydrogens is 326 g/mol. The fourth-order valence-corrected chi connectivity index (χ4v) is 2.35. The van der Waals surface area contributed by atoms with E-state index in [-0.39, 0.29) is 5.56 Å². The van der Waals surface area contributed by atoms with Crippen molar-refractivity contribution in [3.8, 4) is 23.3 Å². The molecule has 0 atom stereocenters. The fraction of sp³-hybridized carbons (Fsp3) is 0.0500. The number of aromatic hydroxyl groups is 1. The second-order valence-corrected chi connectivity index (χ2v) is 5.25. The van der Waals surface area contributed by atoms with Crippen molar-refractivity contribution in [2.75, 3.05) is 0 Å². The number of benzene rings is 3. The summed E-state index contributed by atoms with van der Waals surface area (Å²) in [6.45, 7) is 1.74. The molecular formula is C20H12F2O3. The molecule has 0 aliphatic heterocycles. The topological polar surface area (TPSA) is 46.5 Å². The number of rotatable bonds is 2. The molecule has 5 heteroatoms. The van der Waals surface area contributed by atoms with E-state index < -0.39 is 29.1 Å². The number of fused-ring (bicyclic) bond motifs is 1. The Balaban J connectivity index is 1.91. The quantitative estimate of drug-likeness (QED) is 0.428. The number of carbonyl (C=O) groups is 1. The Labute approximate surface area is 142 Å². The molecule has 0 fully saturated rings. The molecule has 0 aromatic heterocycles. The summed E-state index contributed by atoms with van der Waals surface area (Å²) in [5.41, 5.74) is 1.04. The lowest BCUT2D eigenvalue weighted by Gasteiger charge is -2.07. The van der Waals surface area contributed by atoms with Gasteiger partial charge in [-0.15, -0.1) is 5.92 Å². The highest BCUT2D eigenvalue weighted by atomic mass is 19.2. The molecule has 0 amide bonds. The largest absolute Gasteiger partial charge is 0.505 e. The molecule has 0 radical (unpaired) electrons. The van der Waals surface area contributed by atoms with E-state index in [9.17, 15) is 13.6 Å². The molecule has 0 aliphatic carbocycles. The predicted octanol–water partition coefficient (Wildman–Crippen LogP) is 4.41. The van der Waals surface area contributed by atoms with E-state index in [1.807, 2.05) is 18.2 Å². The van der Waals surface area contributed by atoms with E-state index in [2.05, 4.69) is 11.8 Å². The third kappa shape index (κ3) is 3.29. The molecule has 1 N–H and O–H groups in total. The van der Waals surface area contributed by atoms with Gasteiger partial charge >= 0.3 is 5.97 Å². The van der Waals surface area contributed by atoms with Gasteiger partial charge in [-0.25, -0.2) is 4.79 Å². The molecule has 0 bridgehead atoms. The van der Waals surface area contributed by atoms with E-state index in [4.69, 9.17) is 9.84 Å². The van der Waals surface area contributed by atoms with Gasteiger partial charge in [0.15, 0.2) is 11.5 Å². The zero-order valence-corrected chi connectivity index (χ0v) is 13.1. The van der Waals surface area contributed by atoms with Crippen LogP contribution in [0.3, 0.4) is 0 Å². The predicted molar refractivity (Wildman–Crippen MR) is 89.5 cm³/mol. The minimum absolute atomic E-state index is 0.190. The lowest BCUT2D eigenvalue weighted by atomic mass is 10.0. The van der Waals surface area contributed by atoms with Gasteiger partial charge in [0.1, 0.15) is 0 Å². The summed E-state index contributed by atoms with van der Waals surface area (Å²) >= 11 is 0. The summed E-state index contributed by atoms with van der Waals surface area (Å²) in [5.74, 6) is 0.602. The van der Waals surface area contributed by atoms with Crippen molar-refractivity contribution in [3.63, 3.8) is 0 Å². The standard InChI is InChI=1S/C20H12F2O3/c1-2-3-12-4-5-14-11-15(7-6-13(14)10-12)20(24)25-17-9-8-16(23)18(21)19(17)22/h4-11,23H,1H3. The fourth-order valence-electron chi connectivity index (χ4n) is 2.35. The molecule has 124 valence electrons. The van der Waals surface area contributed by atoms with Gasteiger partial charge in [-0.1, -0.05) is 18.1 Å². The molecule has 0 heterocycles. The minimum Gasteiger partial charge on any atom is -0.505 e. The maximum Gasteiger partial charge on any atom is 0.343 e. The number of hydrogen-bond donors (Lipinski definition) is 1. The van der Waals surface area contributed by atoms with Crippen LogP contribution in [-0.2, 0) is 0 Å². The van der Waals surface area contributed by atoms with Gasteiger partial charge in [-0.3, -0.25) is 0 Å². The highest BCUT2D eigenvalue weighted by Gasteiger charge is 2.17. The number of carbonyl (C=O) groups excluding carboxylic acids is 1. The number of phenolic OH excluding ortho intramolecular Hbond substituents is 1. The Morgan fingerprint density at radius 1 is 1.00 bits per heavy atom. The van der Waals surface area contributed by atoms with Crippen LogP contribution in [0.2, 0.25) is 0 Å². The first-order valence-electron chi connectivity index (χ1n) is 7.35. The summed E-state index contributed by atoms with van der Waals surface area (Å²) < 4.78 is 31.9. The van der Waals surface area contributed by atoms with Crippen LogP contribution in [0, 0.1) is 23.5 Å². The van der Waals surface area contributed by atoms with Crippen LogP contribution in [0.15, 0.2) is 48.5 Å². The van der Waals surface area contributed by atoms with Gasteiger partial charge in [0.2, 0.25) is 11.6 Å². The molecule has 0 saturated carbocycles. The van der Waals surface area contributed by atoms with E-state index >= 15 is 0 Å². The summed E-state index contributed by atoms with van der Waals surface area (Å²) in [5, 5.41) is 10.8. The van der Waals surface area contributed by atoms with Crippen LogP contribution in [0.25, 0.3) is 10.8 Å². The van der Waals surface area contributed by atoms with Crippen molar-refractivity contribution in [2.45, 2.75) is 6.92 Å². The van der Waals surface area contributed by atoms with Crippen molar-refractivity contribution >= 4 is 16.7 Å². The third-order valence-corrected chi connectivity index (χ3v) is 3.57. The number of ether oxygens (including phenoxy) is 1. The van der Waals surface area contributed by atoms with E-state index in [0.29, 0.717) is 0 Å². The third-order valence-electron chi connectivity index (χ3n) is 3.57. The van der Waals surface area contributed by atoms with Crippen LogP contribution < -0.4 is 4.74 Å². The van der Waals surface area contributed by atoms with Gasteiger partial charge in [0.05, 0.1) is 5.56 Å². The lowest BCUT2D eigenvalue weighted by molar-refractivity contribution is 0.0726. The van der Waals surface area contributed by atoms with Gasteiger partial charge in [0, 0.05) is 5.56 Å². The highest BCUT2D eigenvalue weighted by Crippen LogP contribution is 2.27. The lowest BCUT2D eigenvalue weighted by Crippen LogP contribution is -2.10. The smallest absolute Gasteiger partial charge is 0.343 e. The zero-order valence-electron chi connectivity index (χ0n) is 13.1. The maximum absolute atomic E-state index is 13.7. The molecule has 3 aromatic carbocycles. The van der Waals surface area contributed by atoms with Crippen LogP contribution in [0.4, 0.5) is 8.78 Å². The first-order valence-corrected chi connectivity index (χ1v) is 7.35. The van der Waals surface area contributed by atoms with Crippen molar-refractivity contribution in [1.29, 1.82) is 0 Å². The van der Waals surface area contributed by atoms with Crippen LogP contribution in [0.1, 0.15) is 22.8 Å². The van der Waals surface area contributed by atoms with E-state index in [1.54, 1.807) is 19.1 Å². The Morgan fingerprint density at radius 3 is 2.48 bits per heavy atom. The second kappa shape index (κ2) is 6.62. The SMILES string of the molecule is CC#Cc1ccc2cc(C(=O)Oc3ccc(O)c(F)c3F)ccc2c1. The number of halogens is 2. The number of esters is 1. The Bertz CT molecular complexity index is 1050. The van der Waals surface area contributed by atoms with E-state index in [1.165, 1.54) is 6.07 Å². The maximum atomic E-state index is 13.7. The van der Waals surface area contributed by atoms with Gasteiger partial charge in [0.25, 0.3) is 0 Å². The molecule has 0 saturated heterocycles. The monoisotopic (exact) mass is 338 g/mol. The van der Waals surface area contributed by atoms with Gasteiger partial charge in [-0.2, -0.15) is 8.78 Å². The van der Waals surface area contributed by atoms with Crippen molar-refractivity contribution in [3.05, 3.63) is 71.3 Å². The second-order valence-electron chi connectivity index (χ2n) is 5.25. The first-order chi connectivity index (χ1) is 12.0. The molecule has 0 spiro atoms. The Hall–Kier alpha value is -3.39. The molecule has 25 heavy (non-hydrogen) atoms. The summed E-state index contributed by atoms with van der Waals surface area (Å²) in [4.78, 5) is 12.2. The first kappa shape index (κ1) is 16.5. The molecule has 3 rings (SSSR count). The molecule has 3 nitrogen and oxygen atoms in total. The number of phenols is 1. The molecule has 3 aromatic rings. The van der Waals surface area contributed by atoms with Crippen LogP contribution in [0.5, 0.6) is 11.5 Å². The van der Waals surface area contributed by atoms with Crippen LogP contribution in [-0.4, -0.2) is 11.1 Å². The Kier molecular flexibility index (Phi) is 4.36. The summed E-state index contributed by atoms with van der Waals surface area (Å²) in [7, 11) is 0.